The molecule has 3 N–H and O–H groups in total. The summed E-state index contributed by atoms with van der Waals surface area (Å²) in [4.78, 5) is 21.1. The monoisotopic (exact) mass is 521 g/mol. The van der Waals surface area contributed by atoms with Crippen LogP contribution in [0.15, 0.2) is 21.8 Å². The standard InChI is InChI=1S/C20H35N5OS.HI/c1-4-22-20(25-10-7-8-16(14-25)12-19(21)26)23-13-18(24(5-2)6-3)17-9-11-27-15-17;/h9,11,15-16,18H,4-8,10,12-14H2,1-3H3,(H2,21,26)(H,22,23);1H. The van der Waals surface area contributed by atoms with Gasteiger partial charge in [0.2, 0.25) is 5.91 Å². The highest BCUT2D eigenvalue weighted by molar-refractivity contribution is 14.0. The molecule has 160 valence electrons. The number of nitrogens with zero attached hydrogens (tertiary/aromatic N) is 3. The largest absolute Gasteiger partial charge is 0.370 e. The fourth-order valence-electron chi connectivity index (χ4n) is 3.87. The molecule has 1 aromatic rings. The molecule has 0 aliphatic carbocycles. The second-order valence-corrected chi connectivity index (χ2v) is 7.89. The normalized spacial score (nSPS) is 18.6. The number of rotatable bonds is 9. The van der Waals surface area contributed by atoms with Crippen molar-refractivity contribution in [3.63, 3.8) is 0 Å². The second kappa shape index (κ2) is 13.4. The third-order valence-corrected chi connectivity index (χ3v) is 5.94. The maximum absolute atomic E-state index is 11.3. The third-order valence-electron chi connectivity index (χ3n) is 5.24. The van der Waals surface area contributed by atoms with E-state index in [1.807, 2.05) is 0 Å². The first-order chi connectivity index (χ1) is 13.1. The number of nitrogens with one attached hydrogen (secondary N) is 1. The lowest BCUT2D eigenvalue weighted by Gasteiger charge is -2.35. The fourth-order valence-corrected chi connectivity index (χ4v) is 4.58. The highest BCUT2D eigenvalue weighted by atomic mass is 127. The molecule has 1 aliphatic rings. The zero-order chi connectivity index (χ0) is 19.6. The number of nitrogens with two attached hydrogens (primary N) is 1. The second-order valence-electron chi connectivity index (χ2n) is 7.11. The number of guanidine groups is 1. The molecule has 1 amide bonds. The van der Waals surface area contributed by atoms with E-state index in [4.69, 9.17) is 10.7 Å². The number of piperidine rings is 1. The molecule has 2 unspecified atom stereocenters. The number of amides is 1. The van der Waals surface area contributed by atoms with Crippen molar-refractivity contribution in [2.75, 3.05) is 39.3 Å². The molecule has 1 saturated heterocycles. The lowest BCUT2D eigenvalue weighted by molar-refractivity contribution is -0.119. The van der Waals surface area contributed by atoms with E-state index in [-0.39, 0.29) is 29.9 Å². The van der Waals surface area contributed by atoms with Crippen molar-refractivity contribution in [2.24, 2.45) is 16.6 Å². The molecule has 6 nitrogen and oxygen atoms in total. The smallest absolute Gasteiger partial charge is 0.217 e. The lowest BCUT2D eigenvalue weighted by atomic mass is 9.95. The fraction of sp³-hybridized carbons (Fsp3) is 0.700. The molecule has 2 atom stereocenters. The Balaban J connectivity index is 0.00000392. The van der Waals surface area contributed by atoms with Crippen LogP contribution in [0.2, 0.25) is 0 Å². The van der Waals surface area contributed by atoms with Gasteiger partial charge in [0.05, 0.1) is 12.6 Å². The Morgan fingerprint density at radius 2 is 2.18 bits per heavy atom. The molecule has 0 spiro atoms. The number of primary amides is 1. The zero-order valence-corrected chi connectivity index (χ0v) is 20.5. The molecular weight excluding hydrogens is 485 g/mol. The molecule has 0 bridgehead atoms. The molecule has 2 heterocycles. The Labute approximate surface area is 191 Å². The first kappa shape index (κ1) is 25.2. The number of carbonyl (C=O) groups excluding carboxylic acids is 1. The highest BCUT2D eigenvalue weighted by Crippen LogP contribution is 2.24. The quantitative estimate of drug-likeness (QED) is 0.297. The maximum Gasteiger partial charge on any atom is 0.217 e. The topological polar surface area (TPSA) is 74.0 Å². The average molecular weight is 522 g/mol. The van der Waals surface area contributed by atoms with Gasteiger partial charge in [0.25, 0.3) is 0 Å². The van der Waals surface area contributed by atoms with Gasteiger partial charge in [-0.15, -0.1) is 24.0 Å². The van der Waals surface area contributed by atoms with E-state index >= 15 is 0 Å². The number of hydrogen-bond acceptors (Lipinski definition) is 4. The van der Waals surface area contributed by atoms with Crippen LogP contribution >= 0.6 is 35.3 Å². The van der Waals surface area contributed by atoms with Crippen LogP contribution in [0.1, 0.15) is 51.6 Å². The van der Waals surface area contributed by atoms with Crippen molar-refractivity contribution in [1.29, 1.82) is 0 Å². The molecule has 28 heavy (non-hydrogen) atoms. The first-order valence-corrected chi connectivity index (χ1v) is 11.1. The van der Waals surface area contributed by atoms with Crippen LogP contribution in [0.3, 0.4) is 0 Å². The molecule has 1 fully saturated rings. The van der Waals surface area contributed by atoms with Crippen molar-refractivity contribution in [3.05, 3.63) is 22.4 Å². The van der Waals surface area contributed by atoms with Gasteiger partial charge in [-0.1, -0.05) is 13.8 Å². The van der Waals surface area contributed by atoms with Crippen molar-refractivity contribution in [2.45, 2.75) is 46.1 Å². The average Bonchev–Trinajstić information content (AvgIpc) is 3.18. The minimum absolute atomic E-state index is 0. The zero-order valence-electron chi connectivity index (χ0n) is 17.4. The van der Waals surface area contributed by atoms with E-state index < -0.39 is 0 Å². The van der Waals surface area contributed by atoms with Gasteiger partial charge >= 0.3 is 0 Å². The molecule has 8 heteroatoms. The van der Waals surface area contributed by atoms with E-state index in [2.05, 4.69) is 52.7 Å². The van der Waals surface area contributed by atoms with Gasteiger partial charge in [0, 0.05) is 26.1 Å². The Bertz CT molecular complexity index is 591. The Hall–Kier alpha value is -0.870. The first-order valence-electron chi connectivity index (χ1n) is 10.2. The van der Waals surface area contributed by atoms with Gasteiger partial charge in [0.1, 0.15) is 0 Å². The summed E-state index contributed by atoms with van der Waals surface area (Å²) in [5.74, 6) is 1.08. The number of likely N-dealkylation sites (tertiary alicyclic amines) is 1. The van der Waals surface area contributed by atoms with Crippen LogP contribution in [0.5, 0.6) is 0 Å². The molecule has 0 aromatic carbocycles. The van der Waals surface area contributed by atoms with E-state index in [1.54, 1.807) is 11.3 Å². The van der Waals surface area contributed by atoms with Crippen LogP contribution in [0.4, 0.5) is 0 Å². The maximum atomic E-state index is 11.3. The van der Waals surface area contributed by atoms with Gasteiger partial charge in [-0.05, 0) is 61.2 Å². The van der Waals surface area contributed by atoms with E-state index in [0.717, 1.165) is 58.1 Å². The summed E-state index contributed by atoms with van der Waals surface area (Å²) in [6.45, 7) is 11.9. The summed E-state index contributed by atoms with van der Waals surface area (Å²) in [5.41, 5.74) is 6.75. The van der Waals surface area contributed by atoms with Crippen LogP contribution < -0.4 is 11.1 Å². The number of aliphatic imine (C=N–C) groups is 1. The summed E-state index contributed by atoms with van der Waals surface area (Å²) in [6.07, 6.45) is 2.61. The third kappa shape index (κ3) is 7.51. The lowest BCUT2D eigenvalue weighted by Crippen LogP contribution is -2.47. The summed E-state index contributed by atoms with van der Waals surface area (Å²) < 4.78 is 0. The van der Waals surface area contributed by atoms with E-state index in [1.165, 1.54) is 5.56 Å². The predicted molar refractivity (Wildman–Crippen MR) is 129 cm³/mol. The molecular formula is C20H36IN5OS. The van der Waals surface area contributed by atoms with Crippen LogP contribution in [0.25, 0.3) is 0 Å². The molecule has 0 saturated carbocycles. The van der Waals surface area contributed by atoms with Crippen LogP contribution in [0, 0.1) is 5.92 Å². The van der Waals surface area contributed by atoms with Crippen LogP contribution in [-0.4, -0.2) is 60.9 Å². The summed E-state index contributed by atoms with van der Waals surface area (Å²) in [5, 5.41) is 7.82. The van der Waals surface area contributed by atoms with Crippen molar-refractivity contribution >= 4 is 47.2 Å². The van der Waals surface area contributed by atoms with E-state index in [9.17, 15) is 4.79 Å². The van der Waals surface area contributed by atoms with Crippen LogP contribution in [-0.2, 0) is 4.79 Å². The molecule has 1 aliphatic heterocycles. The molecule has 1 aromatic heterocycles. The van der Waals surface area contributed by atoms with Gasteiger partial charge in [0.15, 0.2) is 5.96 Å². The number of hydrogen-bond donors (Lipinski definition) is 2. The number of carbonyl (C=O) groups is 1. The van der Waals surface area contributed by atoms with Crippen molar-refractivity contribution < 1.29 is 4.79 Å². The molecule has 0 radical (unpaired) electrons. The van der Waals surface area contributed by atoms with Gasteiger partial charge in [-0.2, -0.15) is 11.3 Å². The van der Waals surface area contributed by atoms with Crippen molar-refractivity contribution in [1.82, 2.24) is 15.1 Å². The Morgan fingerprint density at radius 1 is 1.43 bits per heavy atom. The van der Waals surface area contributed by atoms with Crippen molar-refractivity contribution in [3.8, 4) is 0 Å². The minimum Gasteiger partial charge on any atom is -0.370 e. The summed E-state index contributed by atoms with van der Waals surface area (Å²) >= 11 is 1.74. The van der Waals surface area contributed by atoms with Gasteiger partial charge in [-0.3, -0.25) is 14.7 Å². The number of halogens is 1. The summed E-state index contributed by atoms with van der Waals surface area (Å²) in [7, 11) is 0. The summed E-state index contributed by atoms with van der Waals surface area (Å²) in [6, 6.07) is 2.51. The van der Waals surface area contributed by atoms with Gasteiger partial charge in [-0.25, -0.2) is 0 Å². The number of likely N-dealkylation sites (N-methyl/N-ethyl adjacent to an activating group) is 1. The molecule has 2 rings (SSSR count). The van der Waals surface area contributed by atoms with Gasteiger partial charge < -0.3 is 16.0 Å². The predicted octanol–water partition coefficient (Wildman–Crippen LogP) is 3.30. The minimum atomic E-state index is -0.206. The van der Waals surface area contributed by atoms with E-state index in [0.29, 0.717) is 18.4 Å². The SMILES string of the molecule is CCNC(=NCC(c1ccsc1)N(CC)CC)N1CCCC(CC(N)=O)C1.I. The Morgan fingerprint density at radius 3 is 2.75 bits per heavy atom. The highest BCUT2D eigenvalue weighted by Gasteiger charge is 2.24. The number of thiophene rings is 1. The Kier molecular flexibility index (Phi) is 12.0.